The predicted octanol–water partition coefficient (Wildman–Crippen LogP) is 9.39. The Morgan fingerprint density at radius 1 is 0.364 bits per heavy atom. The van der Waals surface area contributed by atoms with E-state index in [0.29, 0.717) is 0 Å². The molecule has 0 aliphatic carbocycles. The first-order valence-corrected chi connectivity index (χ1v) is 25.2. The summed E-state index contributed by atoms with van der Waals surface area (Å²) < 4.78 is 71.9. The maximum atomic E-state index is 14.5. The smallest absolute Gasteiger partial charge is 0.338 e. The molecule has 7 aromatic rings. The lowest BCUT2D eigenvalue weighted by molar-refractivity contribution is -0.365. The molecule has 0 saturated carbocycles. The molecule has 0 amide bonds. The first-order chi connectivity index (χ1) is 37.8. The van der Waals surface area contributed by atoms with Crippen molar-refractivity contribution in [1.82, 2.24) is 0 Å². The van der Waals surface area contributed by atoms with Crippen LogP contribution in [0.4, 0.5) is 0 Å². The number of carbonyl (C=O) groups excluding carboxylic acids is 4. The zero-order chi connectivity index (χ0) is 53.2. The van der Waals surface area contributed by atoms with E-state index in [2.05, 4.69) is 0 Å². The van der Waals surface area contributed by atoms with Gasteiger partial charge in [-0.2, -0.15) is 0 Å². The fourth-order valence-electron chi connectivity index (χ4n) is 8.92. The molecule has 396 valence electrons. The molecular weight excluding hydrogens is 985 g/mol. The Hall–Kier alpha value is -7.86. The summed E-state index contributed by atoms with van der Waals surface area (Å²) in [6.45, 7) is -0.312. The van der Waals surface area contributed by atoms with Gasteiger partial charge in [-0.1, -0.05) is 164 Å². The van der Waals surface area contributed by atoms with Crippen LogP contribution in [0.2, 0.25) is 0 Å². The third-order valence-corrected chi connectivity index (χ3v) is 12.8. The zero-order valence-electron chi connectivity index (χ0n) is 42.1. The van der Waals surface area contributed by atoms with Crippen LogP contribution in [0.5, 0.6) is 0 Å². The van der Waals surface area contributed by atoms with E-state index in [1.165, 1.54) is 7.11 Å². The lowest BCUT2D eigenvalue weighted by Crippen LogP contribution is -2.67. The zero-order valence-corrected chi connectivity index (χ0v) is 42.1. The molecule has 77 heavy (non-hydrogen) atoms. The number of carbonyl (C=O) groups is 4. The Morgan fingerprint density at radius 3 is 1.18 bits per heavy atom. The van der Waals surface area contributed by atoms with Crippen LogP contribution in [0.3, 0.4) is 0 Å². The van der Waals surface area contributed by atoms with Crippen molar-refractivity contribution in [3.05, 3.63) is 251 Å². The lowest BCUT2D eigenvalue weighted by Gasteiger charge is -2.49. The second kappa shape index (κ2) is 27.3. The summed E-state index contributed by atoms with van der Waals surface area (Å²) in [6.07, 6.45) is -13.6. The van der Waals surface area contributed by atoms with Crippen LogP contribution in [0.1, 0.15) is 58.1 Å². The van der Waals surface area contributed by atoms with Gasteiger partial charge in [-0.05, 0) is 65.2 Å². The van der Waals surface area contributed by atoms with Gasteiger partial charge in [0.1, 0.15) is 37.1 Å². The van der Waals surface area contributed by atoms with Crippen LogP contribution in [0.15, 0.2) is 212 Å². The van der Waals surface area contributed by atoms with Crippen molar-refractivity contribution in [2.45, 2.75) is 81.2 Å². The lowest BCUT2D eigenvalue weighted by atomic mass is 9.95. The van der Waals surface area contributed by atoms with Gasteiger partial charge in [0.25, 0.3) is 0 Å². The molecule has 0 aromatic heterocycles. The molecule has 0 N–H and O–H groups in total. The molecule has 9 rings (SSSR count). The highest BCUT2D eigenvalue weighted by molar-refractivity contribution is 5.91. The Morgan fingerprint density at radius 2 is 0.727 bits per heavy atom. The molecule has 2 fully saturated rings. The maximum absolute atomic E-state index is 14.5. The number of esters is 4. The molecule has 7 aromatic carbocycles. The van der Waals surface area contributed by atoms with Gasteiger partial charge < -0.3 is 52.1 Å². The normalized spacial score (nSPS) is 23.0. The molecular formula is C62H58O15. The van der Waals surface area contributed by atoms with Crippen molar-refractivity contribution < 1.29 is 71.3 Å². The minimum atomic E-state index is -1.73. The van der Waals surface area contributed by atoms with Crippen LogP contribution < -0.4 is 0 Å². The average Bonchev–Trinajstić information content (AvgIpc) is 3.49. The Balaban J connectivity index is 1.16. The highest BCUT2D eigenvalue weighted by atomic mass is 16.8. The van der Waals surface area contributed by atoms with E-state index in [4.69, 9.17) is 52.1 Å². The first-order valence-electron chi connectivity index (χ1n) is 25.2. The molecule has 10 atom stereocenters. The Kier molecular flexibility index (Phi) is 19.1. The van der Waals surface area contributed by atoms with Crippen molar-refractivity contribution in [2.24, 2.45) is 0 Å². The van der Waals surface area contributed by atoms with Crippen LogP contribution in [-0.2, 0) is 71.9 Å². The van der Waals surface area contributed by atoms with Crippen LogP contribution in [0, 0.1) is 0 Å². The van der Waals surface area contributed by atoms with Crippen LogP contribution in [0.25, 0.3) is 0 Å². The van der Waals surface area contributed by atoms with Crippen molar-refractivity contribution in [3.63, 3.8) is 0 Å². The quantitative estimate of drug-likeness (QED) is 0.0464. The molecule has 15 heteroatoms. The van der Waals surface area contributed by atoms with Crippen molar-refractivity contribution in [3.8, 4) is 0 Å². The van der Waals surface area contributed by atoms with Crippen LogP contribution >= 0.6 is 0 Å². The van der Waals surface area contributed by atoms with E-state index in [1.807, 2.05) is 91.0 Å². The van der Waals surface area contributed by atoms with Gasteiger partial charge in [-0.15, -0.1) is 0 Å². The van der Waals surface area contributed by atoms with E-state index < -0.39 is 91.9 Å². The summed E-state index contributed by atoms with van der Waals surface area (Å²) in [7, 11) is 1.49. The highest BCUT2D eigenvalue weighted by Gasteiger charge is 2.57. The van der Waals surface area contributed by atoms with Gasteiger partial charge in [0.2, 0.25) is 0 Å². The minimum Gasteiger partial charge on any atom is -0.459 e. The summed E-state index contributed by atoms with van der Waals surface area (Å²) in [4.78, 5) is 57.0. The van der Waals surface area contributed by atoms with E-state index >= 15 is 0 Å². The number of hydrogen-bond donors (Lipinski definition) is 0. The van der Waals surface area contributed by atoms with E-state index in [-0.39, 0.29) is 48.7 Å². The van der Waals surface area contributed by atoms with E-state index in [1.54, 1.807) is 121 Å². The van der Waals surface area contributed by atoms with Gasteiger partial charge in [-0.3, -0.25) is 0 Å². The average molecular weight is 1040 g/mol. The largest absolute Gasteiger partial charge is 0.459 e. The molecule has 15 nitrogen and oxygen atoms in total. The number of hydrogen-bond acceptors (Lipinski definition) is 15. The van der Waals surface area contributed by atoms with E-state index in [0.717, 1.165) is 16.7 Å². The standard InChI is InChI=1S/C62H58O15/c1-67-61-55(70-39-44-27-13-4-14-28-44)53(69-38-43-25-11-3-12-26-43)51(49(72-61)40-68-37-42-23-9-2-10-24-42)77-62-56(76-60(66)48-35-21-8-22-36-48)54(75-59(65)47-33-19-7-20-34-47)52(74-58(64)46-31-17-6-18-32-46)50(73-62)41-71-57(63)45-29-15-5-16-30-45/h2-36,49-56,61-62H,37-41H2,1H3/t49-,50-,51-,52-,53+,54+,55-,56-,61+,62-/m1/s1. The predicted molar refractivity (Wildman–Crippen MR) is 279 cm³/mol. The molecule has 2 heterocycles. The van der Waals surface area contributed by atoms with Crippen molar-refractivity contribution in [1.29, 1.82) is 0 Å². The molecule has 2 saturated heterocycles. The monoisotopic (exact) mass is 1040 g/mol. The topological polar surface area (TPSA) is 170 Å². The van der Waals surface area contributed by atoms with Crippen LogP contribution in [-0.4, -0.2) is 106 Å². The number of benzene rings is 7. The summed E-state index contributed by atoms with van der Waals surface area (Å²) in [5.41, 5.74) is 3.18. The third-order valence-electron chi connectivity index (χ3n) is 12.8. The van der Waals surface area contributed by atoms with Crippen molar-refractivity contribution in [2.75, 3.05) is 20.3 Å². The maximum Gasteiger partial charge on any atom is 0.338 e. The number of ether oxygens (including phenoxy) is 11. The van der Waals surface area contributed by atoms with Crippen molar-refractivity contribution >= 4 is 23.9 Å². The summed E-state index contributed by atoms with van der Waals surface area (Å²) in [6, 6.07) is 61.3. The highest BCUT2D eigenvalue weighted by Crippen LogP contribution is 2.37. The van der Waals surface area contributed by atoms with Gasteiger partial charge in [-0.25, -0.2) is 19.2 Å². The molecule has 0 radical (unpaired) electrons. The molecule has 0 unspecified atom stereocenters. The first kappa shape index (κ1) is 53.9. The minimum absolute atomic E-state index is 0.0649. The molecule has 2 aliphatic heterocycles. The third kappa shape index (κ3) is 14.5. The molecule has 2 aliphatic rings. The van der Waals surface area contributed by atoms with Gasteiger partial charge in [0.15, 0.2) is 30.9 Å². The number of rotatable bonds is 22. The second-order valence-corrected chi connectivity index (χ2v) is 18.1. The summed E-state index contributed by atoms with van der Waals surface area (Å²) in [5, 5.41) is 0. The molecule has 0 spiro atoms. The Bertz CT molecular complexity index is 2920. The number of methoxy groups -OCH3 is 1. The van der Waals surface area contributed by atoms with Gasteiger partial charge in [0, 0.05) is 7.11 Å². The fourth-order valence-corrected chi connectivity index (χ4v) is 8.92. The SMILES string of the molecule is CO[C@H]1O[C@H](COCc2ccccc2)[C@@H](O[C@H]2O[C@H](COC(=O)c3ccccc3)[C@@H](OC(=O)c3ccccc3)[C@H](OC(=O)c3ccccc3)[C@H]2OC(=O)c2ccccc2)[C@H](OCc2ccccc2)[C@H]1OCc1ccccc1. The molecule has 0 bridgehead atoms. The van der Waals surface area contributed by atoms with Gasteiger partial charge >= 0.3 is 23.9 Å². The fraction of sp³-hybridized carbons (Fsp3) is 0.258. The summed E-state index contributed by atoms with van der Waals surface area (Å²) in [5.74, 6) is -3.31. The summed E-state index contributed by atoms with van der Waals surface area (Å²) >= 11 is 0. The Labute approximate surface area is 446 Å². The van der Waals surface area contributed by atoms with E-state index in [9.17, 15) is 19.2 Å². The second-order valence-electron chi connectivity index (χ2n) is 18.1. The van der Waals surface area contributed by atoms with Gasteiger partial charge in [0.05, 0.1) is 48.7 Å².